The van der Waals surface area contributed by atoms with Crippen molar-refractivity contribution in [3.05, 3.63) is 29.3 Å². The summed E-state index contributed by atoms with van der Waals surface area (Å²) >= 11 is 0. The highest BCUT2D eigenvalue weighted by molar-refractivity contribution is 5.99. The Balaban J connectivity index is 2.25. The monoisotopic (exact) mass is 215 g/mol. The molecule has 1 aliphatic rings. The lowest BCUT2D eigenvalue weighted by Crippen LogP contribution is -2.03. The molecule has 0 fully saturated rings. The maximum Gasteiger partial charge on any atom is 0.384 e. The standard InChI is InChI=1S/C12H9NO3/c1-16-12(15)5-3-8-2-4-10-9(6-8)7-11(14)13-10/h2,4,6H,7H2,1H3,(H,13,14). The Hall–Kier alpha value is -2.28. The number of ether oxygens (including phenoxy) is 1. The number of anilines is 1. The maximum absolute atomic E-state index is 11.1. The van der Waals surface area contributed by atoms with E-state index in [-0.39, 0.29) is 5.91 Å². The topological polar surface area (TPSA) is 55.4 Å². The van der Waals surface area contributed by atoms with Crippen LogP contribution in [0.1, 0.15) is 11.1 Å². The van der Waals surface area contributed by atoms with E-state index in [0.717, 1.165) is 11.3 Å². The van der Waals surface area contributed by atoms with E-state index >= 15 is 0 Å². The minimum absolute atomic E-state index is 0.0203. The number of methoxy groups -OCH3 is 1. The first-order chi connectivity index (χ1) is 7.69. The summed E-state index contributed by atoms with van der Waals surface area (Å²) in [5.41, 5.74) is 2.41. The van der Waals surface area contributed by atoms with Crippen LogP contribution in [0.3, 0.4) is 0 Å². The van der Waals surface area contributed by atoms with Gasteiger partial charge in [0.15, 0.2) is 0 Å². The number of carbonyl (C=O) groups is 2. The molecule has 0 spiro atoms. The number of hydrogen-bond acceptors (Lipinski definition) is 3. The fraction of sp³-hybridized carbons (Fsp3) is 0.167. The predicted molar refractivity (Wildman–Crippen MR) is 57.7 cm³/mol. The van der Waals surface area contributed by atoms with Crippen LogP contribution < -0.4 is 5.32 Å². The molecular formula is C12H9NO3. The van der Waals surface area contributed by atoms with Crippen LogP contribution in [0.5, 0.6) is 0 Å². The number of benzene rings is 1. The Morgan fingerprint density at radius 3 is 3.06 bits per heavy atom. The Morgan fingerprint density at radius 2 is 2.31 bits per heavy atom. The molecule has 4 heteroatoms. The number of nitrogens with one attached hydrogen (secondary N) is 1. The lowest BCUT2D eigenvalue weighted by molar-refractivity contribution is -0.133. The average Bonchev–Trinajstić information content (AvgIpc) is 2.65. The van der Waals surface area contributed by atoms with Gasteiger partial charge in [0, 0.05) is 17.2 Å². The quantitative estimate of drug-likeness (QED) is 0.512. The summed E-state index contributed by atoms with van der Waals surface area (Å²) in [4.78, 5) is 21.9. The van der Waals surface area contributed by atoms with Crippen molar-refractivity contribution in [3.63, 3.8) is 0 Å². The van der Waals surface area contributed by atoms with Crippen LogP contribution >= 0.6 is 0 Å². The van der Waals surface area contributed by atoms with Crippen LogP contribution in [-0.4, -0.2) is 19.0 Å². The predicted octanol–water partition coefficient (Wildman–Crippen LogP) is 0.706. The maximum atomic E-state index is 11.1. The molecule has 16 heavy (non-hydrogen) atoms. The summed E-state index contributed by atoms with van der Waals surface area (Å²) in [6.45, 7) is 0. The van der Waals surface area contributed by atoms with E-state index < -0.39 is 5.97 Å². The van der Waals surface area contributed by atoms with Crippen LogP contribution in [0.4, 0.5) is 5.69 Å². The molecule has 0 bridgehead atoms. The zero-order chi connectivity index (χ0) is 11.5. The molecule has 2 rings (SSSR count). The van der Waals surface area contributed by atoms with Crippen molar-refractivity contribution in [1.29, 1.82) is 0 Å². The highest BCUT2D eigenvalue weighted by Crippen LogP contribution is 2.23. The molecule has 0 radical (unpaired) electrons. The van der Waals surface area contributed by atoms with Crippen molar-refractivity contribution in [2.24, 2.45) is 0 Å². The summed E-state index contributed by atoms with van der Waals surface area (Å²) in [6.07, 6.45) is 0.364. The second-order valence-corrected chi connectivity index (χ2v) is 3.34. The lowest BCUT2D eigenvalue weighted by Gasteiger charge is -1.97. The molecule has 0 saturated carbocycles. The Labute approximate surface area is 92.6 Å². The lowest BCUT2D eigenvalue weighted by atomic mass is 10.1. The van der Waals surface area contributed by atoms with Gasteiger partial charge in [0.1, 0.15) is 0 Å². The second kappa shape index (κ2) is 4.07. The first-order valence-electron chi connectivity index (χ1n) is 4.72. The summed E-state index contributed by atoms with van der Waals surface area (Å²) in [6, 6.07) is 5.32. The molecule has 0 unspecified atom stereocenters. The first kappa shape index (κ1) is 10.2. The molecule has 0 aromatic heterocycles. The molecule has 80 valence electrons. The van der Waals surface area contributed by atoms with E-state index in [9.17, 15) is 9.59 Å². The van der Waals surface area contributed by atoms with E-state index in [4.69, 9.17) is 0 Å². The van der Waals surface area contributed by atoms with Gasteiger partial charge >= 0.3 is 5.97 Å². The number of amides is 1. The summed E-state index contributed by atoms with van der Waals surface area (Å²) in [5.74, 6) is 4.42. The molecule has 0 aliphatic carbocycles. The SMILES string of the molecule is COC(=O)C#Cc1ccc2c(c1)CC(=O)N2. The smallest absolute Gasteiger partial charge is 0.384 e. The zero-order valence-corrected chi connectivity index (χ0v) is 8.66. The van der Waals surface area contributed by atoms with Gasteiger partial charge in [0.25, 0.3) is 0 Å². The largest absolute Gasteiger partial charge is 0.459 e. The highest BCUT2D eigenvalue weighted by Gasteiger charge is 2.16. The molecule has 1 aromatic rings. The third kappa shape index (κ3) is 2.04. The van der Waals surface area contributed by atoms with Crippen LogP contribution in [0.25, 0.3) is 0 Å². The number of fused-ring (bicyclic) bond motifs is 1. The third-order valence-electron chi connectivity index (χ3n) is 2.22. The fourth-order valence-corrected chi connectivity index (χ4v) is 1.48. The Morgan fingerprint density at radius 1 is 1.50 bits per heavy atom. The minimum atomic E-state index is -0.574. The van der Waals surface area contributed by atoms with Crippen molar-refractivity contribution in [2.75, 3.05) is 12.4 Å². The minimum Gasteiger partial charge on any atom is -0.459 e. The number of carbonyl (C=O) groups excluding carboxylic acids is 2. The number of hydrogen-bond donors (Lipinski definition) is 1. The van der Waals surface area contributed by atoms with Crippen LogP contribution in [-0.2, 0) is 20.7 Å². The summed E-state index contributed by atoms with van der Waals surface area (Å²) < 4.78 is 4.40. The van der Waals surface area contributed by atoms with Gasteiger partial charge in [-0.25, -0.2) is 4.79 Å². The Kier molecular flexibility index (Phi) is 2.61. The summed E-state index contributed by atoms with van der Waals surface area (Å²) in [5, 5.41) is 2.72. The molecule has 1 N–H and O–H groups in total. The third-order valence-corrected chi connectivity index (χ3v) is 2.22. The van der Waals surface area contributed by atoms with E-state index in [0.29, 0.717) is 12.0 Å². The number of rotatable bonds is 0. The summed E-state index contributed by atoms with van der Waals surface area (Å²) in [7, 11) is 1.28. The van der Waals surface area contributed by atoms with Gasteiger partial charge in [0.2, 0.25) is 5.91 Å². The van der Waals surface area contributed by atoms with Gasteiger partial charge in [-0.15, -0.1) is 0 Å². The molecule has 1 aromatic carbocycles. The van der Waals surface area contributed by atoms with E-state index in [1.165, 1.54) is 7.11 Å². The molecule has 1 aliphatic heterocycles. The average molecular weight is 215 g/mol. The first-order valence-corrected chi connectivity index (χ1v) is 4.72. The van der Waals surface area contributed by atoms with Gasteiger partial charge in [-0.1, -0.05) is 5.92 Å². The molecule has 0 saturated heterocycles. The Bertz CT molecular complexity index is 523. The van der Waals surface area contributed by atoms with Crippen LogP contribution in [0, 0.1) is 11.8 Å². The van der Waals surface area contributed by atoms with Crippen molar-refractivity contribution in [3.8, 4) is 11.8 Å². The van der Waals surface area contributed by atoms with E-state index in [1.54, 1.807) is 18.2 Å². The molecule has 4 nitrogen and oxygen atoms in total. The van der Waals surface area contributed by atoms with Crippen molar-refractivity contribution < 1.29 is 14.3 Å². The molecular weight excluding hydrogens is 206 g/mol. The van der Waals surface area contributed by atoms with Crippen molar-refractivity contribution in [1.82, 2.24) is 0 Å². The molecule has 1 amide bonds. The normalized spacial score (nSPS) is 12.2. The highest BCUT2D eigenvalue weighted by atomic mass is 16.5. The van der Waals surface area contributed by atoms with Crippen molar-refractivity contribution >= 4 is 17.6 Å². The number of esters is 1. The van der Waals surface area contributed by atoms with Crippen molar-refractivity contribution in [2.45, 2.75) is 6.42 Å². The zero-order valence-electron chi connectivity index (χ0n) is 8.66. The molecule has 0 atom stereocenters. The fourth-order valence-electron chi connectivity index (χ4n) is 1.48. The van der Waals surface area contributed by atoms with Gasteiger partial charge in [-0.05, 0) is 23.8 Å². The van der Waals surface area contributed by atoms with Crippen LogP contribution in [0.15, 0.2) is 18.2 Å². The van der Waals surface area contributed by atoms with Gasteiger partial charge in [-0.2, -0.15) is 0 Å². The molecule has 1 heterocycles. The van der Waals surface area contributed by atoms with Gasteiger partial charge in [-0.3, -0.25) is 4.79 Å². The van der Waals surface area contributed by atoms with E-state index in [2.05, 4.69) is 21.9 Å². The second-order valence-electron chi connectivity index (χ2n) is 3.34. The van der Waals surface area contributed by atoms with Gasteiger partial charge < -0.3 is 10.1 Å². The van der Waals surface area contributed by atoms with Crippen LogP contribution in [0.2, 0.25) is 0 Å². The van der Waals surface area contributed by atoms with Gasteiger partial charge in [0.05, 0.1) is 13.5 Å². The van der Waals surface area contributed by atoms with E-state index in [1.807, 2.05) is 0 Å².